The number of rotatable bonds is 5. The summed E-state index contributed by atoms with van der Waals surface area (Å²) < 4.78 is 28.0. The second kappa shape index (κ2) is 11.9. The van der Waals surface area contributed by atoms with Gasteiger partial charge in [0.15, 0.2) is 22.9 Å². The number of thioether (sulfide) groups is 1. The first-order chi connectivity index (χ1) is 22.4. The first-order valence-electron chi connectivity index (χ1n) is 16.1. The maximum Gasteiger partial charge on any atom is 0.412 e. The monoisotopic (exact) mass is 678 g/mol. The van der Waals surface area contributed by atoms with Crippen molar-refractivity contribution in [2.75, 3.05) is 25.2 Å². The van der Waals surface area contributed by atoms with Crippen molar-refractivity contribution in [3.63, 3.8) is 0 Å². The predicted octanol–water partition coefficient (Wildman–Crippen LogP) is 7.05. The number of likely N-dealkylation sites (N-methyl/N-ethyl adjacent to an activating group) is 1. The Balaban J connectivity index is 1.30. The highest BCUT2D eigenvalue weighted by Gasteiger charge is 2.49. The number of carbonyl (C=O) groups excluding carboxylic acids is 1. The summed E-state index contributed by atoms with van der Waals surface area (Å²) in [4.78, 5) is 25.8. The number of halogens is 1. The third-order valence-electron chi connectivity index (χ3n) is 9.76. The standard InChI is InChI=1S/C33H39FN8O3S2/c1-17(22-13-18(34)16-41(22)5)42-28-21(15-36-42)29(46-6)38-27(37-28)25-19-9-7-11-33(26(19)45-40-25)12-8-10-23-24(33)20(14-35)30(47-23)39-31(43)44-32(2,3)4/h15,17-18,22H,7-13,16H2,1-6H3,(H,39,43)/t17-,18+,22-,33-/m0/s1. The highest BCUT2D eigenvalue weighted by atomic mass is 32.2. The van der Waals surface area contributed by atoms with E-state index in [1.165, 1.54) is 23.1 Å². The number of thiophene rings is 1. The molecule has 1 fully saturated rings. The van der Waals surface area contributed by atoms with Crippen LogP contribution in [-0.2, 0) is 23.0 Å². The maximum atomic E-state index is 14.3. The molecule has 47 heavy (non-hydrogen) atoms. The van der Waals surface area contributed by atoms with Crippen molar-refractivity contribution in [2.45, 2.75) is 107 Å². The lowest BCUT2D eigenvalue weighted by atomic mass is 9.63. The molecule has 7 rings (SSSR count). The summed E-state index contributed by atoms with van der Waals surface area (Å²) in [6.45, 7) is 7.90. The van der Waals surface area contributed by atoms with Gasteiger partial charge in [-0.2, -0.15) is 10.4 Å². The number of aromatic nitrogens is 5. The molecule has 1 amide bonds. The molecule has 0 unspecified atom stereocenters. The van der Waals surface area contributed by atoms with Crippen LogP contribution in [0.3, 0.4) is 0 Å². The number of anilines is 1. The molecule has 14 heteroatoms. The second-order valence-electron chi connectivity index (χ2n) is 13.9. The van der Waals surface area contributed by atoms with Crippen molar-refractivity contribution >= 4 is 45.2 Å². The molecule has 248 valence electrons. The van der Waals surface area contributed by atoms with E-state index in [1.54, 1.807) is 6.20 Å². The van der Waals surface area contributed by atoms with E-state index < -0.39 is 23.3 Å². The fourth-order valence-electron chi connectivity index (χ4n) is 7.83. The molecule has 4 aromatic rings. The molecule has 0 saturated carbocycles. The number of nitrogens with zero attached hydrogens (tertiary/aromatic N) is 7. The highest BCUT2D eigenvalue weighted by Crippen LogP contribution is 2.55. The Labute approximate surface area is 281 Å². The normalized spacial score (nSPS) is 23.4. The zero-order valence-electron chi connectivity index (χ0n) is 27.5. The largest absolute Gasteiger partial charge is 0.444 e. The predicted molar refractivity (Wildman–Crippen MR) is 179 cm³/mol. The van der Waals surface area contributed by atoms with E-state index in [0.29, 0.717) is 40.7 Å². The van der Waals surface area contributed by atoms with Crippen LogP contribution >= 0.6 is 23.1 Å². The second-order valence-corrected chi connectivity index (χ2v) is 15.8. The van der Waals surface area contributed by atoms with Crippen LogP contribution in [0.5, 0.6) is 0 Å². The number of nitriles is 1. The van der Waals surface area contributed by atoms with Crippen molar-refractivity contribution in [2.24, 2.45) is 0 Å². The van der Waals surface area contributed by atoms with E-state index in [0.717, 1.165) is 70.7 Å². The number of hydrogen-bond donors (Lipinski definition) is 1. The number of alkyl halides is 1. The lowest BCUT2D eigenvalue weighted by Crippen LogP contribution is -2.35. The van der Waals surface area contributed by atoms with Gasteiger partial charge >= 0.3 is 6.09 Å². The Bertz CT molecular complexity index is 1900. The number of nitrogens with one attached hydrogen (secondary N) is 1. The smallest absolute Gasteiger partial charge is 0.412 e. The Morgan fingerprint density at radius 3 is 2.74 bits per heavy atom. The quantitative estimate of drug-likeness (QED) is 0.173. The van der Waals surface area contributed by atoms with Crippen LogP contribution in [0.25, 0.3) is 22.6 Å². The Kier molecular flexibility index (Phi) is 8.08. The van der Waals surface area contributed by atoms with E-state index >= 15 is 0 Å². The summed E-state index contributed by atoms with van der Waals surface area (Å²) in [5.41, 5.74) is 2.45. The average molecular weight is 679 g/mol. The minimum absolute atomic E-state index is 0.000879. The third kappa shape index (κ3) is 5.40. The fourth-order valence-corrected chi connectivity index (χ4v) is 9.65. The Morgan fingerprint density at radius 1 is 1.30 bits per heavy atom. The maximum absolute atomic E-state index is 14.3. The van der Waals surface area contributed by atoms with Gasteiger partial charge in [0.2, 0.25) is 0 Å². The topological polar surface area (TPSA) is 135 Å². The number of likely N-dealkylation sites (tertiary alicyclic amines) is 1. The summed E-state index contributed by atoms with van der Waals surface area (Å²) in [6.07, 6.45) is 7.77. The Hall–Kier alpha value is -3.54. The van der Waals surface area contributed by atoms with Crippen molar-refractivity contribution in [3.8, 4) is 17.6 Å². The van der Waals surface area contributed by atoms with Gasteiger partial charge < -0.3 is 9.26 Å². The van der Waals surface area contributed by atoms with Crippen molar-refractivity contribution in [1.29, 1.82) is 5.26 Å². The molecule has 1 aliphatic heterocycles. The molecule has 3 aliphatic rings. The van der Waals surface area contributed by atoms with Crippen LogP contribution in [0.15, 0.2) is 15.7 Å². The molecule has 1 saturated heterocycles. The molecular weight excluding hydrogens is 640 g/mol. The summed E-state index contributed by atoms with van der Waals surface area (Å²) >= 11 is 2.97. The minimum atomic E-state index is -0.857. The van der Waals surface area contributed by atoms with Gasteiger partial charge in [-0.3, -0.25) is 10.2 Å². The molecule has 11 nitrogen and oxygen atoms in total. The molecule has 2 aliphatic carbocycles. The van der Waals surface area contributed by atoms with E-state index in [4.69, 9.17) is 24.3 Å². The van der Waals surface area contributed by atoms with E-state index in [1.807, 2.05) is 38.8 Å². The van der Waals surface area contributed by atoms with Gasteiger partial charge in [0.05, 0.1) is 28.6 Å². The third-order valence-corrected chi connectivity index (χ3v) is 11.6. The van der Waals surface area contributed by atoms with Crippen LogP contribution in [0.4, 0.5) is 14.2 Å². The number of fused-ring (bicyclic) bond motifs is 5. The van der Waals surface area contributed by atoms with Gasteiger partial charge in [-0.05, 0) is 91.5 Å². The summed E-state index contributed by atoms with van der Waals surface area (Å²) in [6, 6.07) is 2.30. The summed E-state index contributed by atoms with van der Waals surface area (Å²) in [7, 11) is 1.95. The van der Waals surface area contributed by atoms with Crippen LogP contribution < -0.4 is 5.32 Å². The van der Waals surface area contributed by atoms with Crippen molar-refractivity contribution in [3.05, 3.63) is 33.5 Å². The zero-order valence-corrected chi connectivity index (χ0v) is 29.1. The molecular formula is C33H39FN8O3S2. The van der Waals surface area contributed by atoms with Crippen molar-refractivity contribution < 1.29 is 18.4 Å². The molecule has 0 bridgehead atoms. The molecule has 0 radical (unpaired) electrons. The van der Waals surface area contributed by atoms with E-state index in [-0.39, 0.29) is 12.1 Å². The van der Waals surface area contributed by atoms with Gasteiger partial charge in [0, 0.05) is 23.0 Å². The first kappa shape index (κ1) is 32.0. The van der Waals surface area contributed by atoms with E-state index in [9.17, 15) is 14.4 Å². The number of hydrogen-bond acceptors (Lipinski definition) is 11. The van der Waals surface area contributed by atoms with Crippen LogP contribution in [0, 0.1) is 11.3 Å². The number of ether oxygens (including phenoxy) is 1. The molecule has 4 aromatic heterocycles. The lowest BCUT2D eigenvalue weighted by Gasteiger charge is -2.39. The van der Waals surface area contributed by atoms with E-state index in [2.05, 4.69) is 28.4 Å². The zero-order chi connectivity index (χ0) is 33.2. The van der Waals surface area contributed by atoms with Crippen LogP contribution in [0.2, 0.25) is 0 Å². The van der Waals surface area contributed by atoms with Gasteiger partial charge in [0.25, 0.3) is 0 Å². The lowest BCUT2D eigenvalue weighted by molar-refractivity contribution is 0.0636. The number of carbonyl (C=O) groups is 1. The van der Waals surface area contributed by atoms with Gasteiger partial charge in [-0.1, -0.05) is 5.16 Å². The highest BCUT2D eigenvalue weighted by molar-refractivity contribution is 7.98. The molecule has 5 heterocycles. The molecule has 4 atom stereocenters. The molecule has 1 N–H and O–H groups in total. The van der Waals surface area contributed by atoms with Gasteiger partial charge in [-0.15, -0.1) is 23.1 Å². The van der Waals surface area contributed by atoms with Crippen molar-refractivity contribution in [1.82, 2.24) is 29.8 Å². The molecule has 1 spiro atoms. The van der Waals surface area contributed by atoms with Gasteiger partial charge in [-0.25, -0.2) is 23.8 Å². The Morgan fingerprint density at radius 2 is 2.06 bits per heavy atom. The summed E-state index contributed by atoms with van der Waals surface area (Å²) in [5, 5.41) is 24.8. The molecule has 0 aromatic carbocycles. The number of amides is 1. The fraction of sp³-hybridized carbons (Fsp3) is 0.576. The average Bonchev–Trinajstić information content (AvgIpc) is 3.79. The summed E-state index contributed by atoms with van der Waals surface area (Å²) in [5.74, 6) is 1.23. The minimum Gasteiger partial charge on any atom is -0.444 e. The number of aryl methyl sites for hydroxylation is 1. The SMILES string of the molecule is CSc1nc(-c2noc3c2CCC[C@@]32CCCc3sc(NC(=O)OC(C)(C)C)c(C#N)c32)nc2c1cnn2[C@@H](C)[C@@H]1C[C@@H](F)CN1C. The van der Waals surface area contributed by atoms with Gasteiger partial charge in [0.1, 0.15) is 27.9 Å². The van der Waals surface area contributed by atoms with Crippen LogP contribution in [0.1, 0.15) is 93.2 Å². The van der Waals surface area contributed by atoms with Crippen LogP contribution in [-0.4, -0.2) is 73.6 Å². The first-order valence-corrected chi connectivity index (χ1v) is 18.2.